The first-order chi connectivity index (χ1) is 8.28. The van der Waals surface area contributed by atoms with Crippen LogP contribution in [0, 0.1) is 3.57 Å². The van der Waals surface area contributed by atoms with Gasteiger partial charge in [0, 0.05) is 12.7 Å². The minimum atomic E-state index is 0.333. The maximum absolute atomic E-state index is 6.00. The lowest BCUT2D eigenvalue weighted by Gasteiger charge is -2.14. The zero-order valence-electron chi connectivity index (χ0n) is 10.2. The summed E-state index contributed by atoms with van der Waals surface area (Å²) in [5.41, 5.74) is 0. The van der Waals surface area contributed by atoms with Crippen molar-refractivity contribution in [1.82, 2.24) is 15.1 Å². The second-order valence-electron chi connectivity index (χ2n) is 4.54. The second-order valence-corrected chi connectivity index (χ2v) is 5.79. The predicted octanol–water partition coefficient (Wildman–Crippen LogP) is 2.03. The molecule has 17 heavy (non-hydrogen) atoms. The number of rotatable bonds is 6. The number of aromatic nitrogens is 2. The highest BCUT2D eigenvalue weighted by Crippen LogP contribution is 2.20. The number of nitrogens with zero attached hydrogens (tertiary/aromatic N) is 2. The SMILES string of the molecule is CCCNCC1CCC(Cn2cc(I)cn2)O1. The van der Waals surface area contributed by atoms with Gasteiger partial charge in [-0.3, -0.25) is 4.68 Å². The molecule has 2 atom stereocenters. The minimum absolute atomic E-state index is 0.333. The van der Waals surface area contributed by atoms with Crippen LogP contribution in [0.15, 0.2) is 12.4 Å². The molecule has 1 aliphatic heterocycles. The van der Waals surface area contributed by atoms with E-state index in [2.05, 4.69) is 46.1 Å². The molecule has 1 saturated heterocycles. The molecule has 0 aliphatic carbocycles. The molecule has 96 valence electrons. The number of ether oxygens (including phenoxy) is 1. The Balaban J connectivity index is 1.70. The Morgan fingerprint density at radius 3 is 3.06 bits per heavy atom. The lowest BCUT2D eigenvalue weighted by atomic mass is 10.2. The van der Waals surface area contributed by atoms with Crippen LogP contribution in [-0.2, 0) is 11.3 Å². The van der Waals surface area contributed by atoms with Crippen LogP contribution >= 0.6 is 22.6 Å². The highest BCUT2D eigenvalue weighted by molar-refractivity contribution is 14.1. The molecule has 1 aliphatic rings. The van der Waals surface area contributed by atoms with Crippen LogP contribution in [0.2, 0.25) is 0 Å². The van der Waals surface area contributed by atoms with E-state index in [1.54, 1.807) is 0 Å². The molecule has 0 aromatic carbocycles. The minimum Gasteiger partial charge on any atom is -0.372 e. The zero-order chi connectivity index (χ0) is 12.1. The van der Waals surface area contributed by atoms with Crippen molar-refractivity contribution < 1.29 is 4.74 Å². The fourth-order valence-electron chi connectivity index (χ4n) is 2.15. The summed E-state index contributed by atoms with van der Waals surface area (Å²) in [6, 6.07) is 0. The smallest absolute Gasteiger partial charge is 0.0776 e. The van der Waals surface area contributed by atoms with Gasteiger partial charge in [-0.1, -0.05) is 6.92 Å². The summed E-state index contributed by atoms with van der Waals surface area (Å²) in [4.78, 5) is 0. The normalized spacial score (nSPS) is 24.4. The first kappa shape index (κ1) is 13.3. The molecular weight excluding hydrogens is 329 g/mol. The van der Waals surface area contributed by atoms with Crippen LogP contribution in [0.4, 0.5) is 0 Å². The maximum atomic E-state index is 6.00. The van der Waals surface area contributed by atoms with Crippen molar-refractivity contribution in [1.29, 1.82) is 0 Å². The standard InChI is InChI=1S/C12H20IN3O/c1-2-5-14-7-11-3-4-12(17-11)9-16-8-10(13)6-15-16/h6,8,11-12,14H,2-5,7,9H2,1H3. The van der Waals surface area contributed by atoms with Gasteiger partial charge in [0.05, 0.1) is 28.5 Å². The molecule has 0 saturated carbocycles. The highest BCUT2D eigenvalue weighted by Gasteiger charge is 2.25. The average Bonchev–Trinajstić information content (AvgIpc) is 2.90. The highest BCUT2D eigenvalue weighted by atomic mass is 127. The third kappa shape index (κ3) is 4.22. The lowest BCUT2D eigenvalue weighted by molar-refractivity contribution is 0.0343. The van der Waals surface area contributed by atoms with Crippen molar-refractivity contribution in [2.24, 2.45) is 0 Å². The van der Waals surface area contributed by atoms with Crippen LogP contribution in [0.1, 0.15) is 26.2 Å². The fourth-order valence-corrected chi connectivity index (χ4v) is 2.60. The average molecular weight is 349 g/mol. The van der Waals surface area contributed by atoms with E-state index < -0.39 is 0 Å². The molecule has 2 rings (SSSR count). The Morgan fingerprint density at radius 1 is 1.53 bits per heavy atom. The molecule has 0 spiro atoms. The second kappa shape index (κ2) is 6.70. The van der Waals surface area contributed by atoms with E-state index in [9.17, 15) is 0 Å². The van der Waals surface area contributed by atoms with Gasteiger partial charge in [-0.15, -0.1) is 0 Å². The summed E-state index contributed by atoms with van der Waals surface area (Å²) in [6.45, 7) is 5.14. The van der Waals surface area contributed by atoms with Crippen LogP contribution in [0.5, 0.6) is 0 Å². The lowest BCUT2D eigenvalue weighted by Crippen LogP contribution is -2.28. The third-order valence-electron chi connectivity index (χ3n) is 2.99. The third-order valence-corrected chi connectivity index (χ3v) is 3.54. The van der Waals surface area contributed by atoms with Gasteiger partial charge in [0.25, 0.3) is 0 Å². The molecule has 0 bridgehead atoms. The Hall–Kier alpha value is -0.140. The molecule has 2 unspecified atom stereocenters. The van der Waals surface area contributed by atoms with E-state index in [1.807, 2.05) is 10.9 Å². The van der Waals surface area contributed by atoms with Gasteiger partial charge in [-0.2, -0.15) is 5.10 Å². The first-order valence-electron chi connectivity index (χ1n) is 6.32. The van der Waals surface area contributed by atoms with Gasteiger partial charge in [0.1, 0.15) is 0 Å². The van der Waals surface area contributed by atoms with Crippen molar-refractivity contribution in [3.8, 4) is 0 Å². The van der Waals surface area contributed by atoms with Crippen molar-refractivity contribution in [2.75, 3.05) is 13.1 Å². The van der Waals surface area contributed by atoms with E-state index >= 15 is 0 Å². The largest absolute Gasteiger partial charge is 0.372 e. The Labute approximate surface area is 116 Å². The summed E-state index contributed by atoms with van der Waals surface area (Å²) >= 11 is 2.28. The van der Waals surface area contributed by atoms with Crippen LogP contribution in [0.3, 0.4) is 0 Å². The zero-order valence-corrected chi connectivity index (χ0v) is 12.4. The monoisotopic (exact) mass is 349 g/mol. The van der Waals surface area contributed by atoms with E-state index in [1.165, 1.54) is 16.4 Å². The topological polar surface area (TPSA) is 39.1 Å². The van der Waals surface area contributed by atoms with Gasteiger partial charge in [0.15, 0.2) is 0 Å². The van der Waals surface area contributed by atoms with E-state index in [-0.39, 0.29) is 0 Å². The van der Waals surface area contributed by atoms with E-state index in [0.717, 1.165) is 26.1 Å². The van der Waals surface area contributed by atoms with Crippen LogP contribution < -0.4 is 5.32 Å². The maximum Gasteiger partial charge on any atom is 0.0776 e. The van der Waals surface area contributed by atoms with Gasteiger partial charge in [-0.25, -0.2) is 0 Å². The van der Waals surface area contributed by atoms with Gasteiger partial charge in [0.2, 0.25) is 0 Å². The molecule has 2 heterocycles. The summed E-state index contributed by atoms with van der Waals surface area (Å²) in [5.74, 6) is 0. The molecule has 1 aromatic heterocycles. The fraction of sp³-hybridized carbons (Fsp3) is 0.750. The molecular formula is C12H20IN3O. The molecule has 1 N–H and O–H groups in total. The number of nitrogens with one attached hydrogen (secondary N) is 1. The van der Waals surface area contributed by atoms with Gasteiger partial charge in [-0.05, 0) is 48.4 Å². The van der Waals surface area contributed by atoms with Crippen molar-refractivity contribution in [3.05, 3.63) is 16.0 Å². The summed E-state index contributed by atoms with van der Waals surface area (Å²) in [5, 5.41) is 7.71. The number of halogens is 1. The van der Waals surface area contributed by atoms with Crippen molar-refractivity contribution in [3.63, 3.8) is 0 Å². The van der Waals surface area contributed by atoms with Gasteiger partial charge >= 0.3 is 0 Å². The molecule has 5 heteroatoms. The van der Waals surface area contributed by atoms with E-state index in [0.29, 0.717) is 12.2 Å². The Kier molecular flexibility index (Phi) is 5.24. The van der Waals surface area contributed by atoms with Crippen LogP contribution in [0.25, 0.3) is 0 Å². The van der Waals surface area contributed by atoms with E-state index in [4.69, 9.17) is 4.74 Å². The summed E-state index contributed by atoms with van der Waals surface area (Å²) in [7, 11) is 0. The van der Waals surface area contributed by atoms with Crippen molar-refractivity contribution >= 4 is 22.6 Å². The Bertz CT molecular complexity index is 342. The quantitative estimate of drug-likeness (QED) is 0.631. The first-order valence-corrected chi connectivity index (χ1v) is 7.40. The van der Waals surface area contributed by atoms with Crippen LogP contribution in [-0.4, -0.2) is 35.1 Å². The Morgan fingerprint density at radius 2 is 2.35 bits per heavy atom. The number of hydrogen-bond donors (Lipinski definition) is 1. The summed E-state index contributed by atoms with van der Waals surface area (Å²) in [6.07, 6.45) is 8.17. The molecule has 1 aromatic rings. The number of hydrogen-bond acceptors (Lipinski definition) is 3. The predicted molar refractivity (Wildman–Crippen MR) is 76.0 cm³/mol. The van der Waals surface area contributed by atoms with Crippen molar-refractivity contribution in [2.45, 2.75) is 44.9 Å². The molecule has 1 fully saturated rings. The molecule has 0 radical (unpaired) electrons. The molecule has 0 amide bonds. The molecule has 4 nitrogen and oxygen atoms in total. The summed E-state index contributed by atoms with van der Waals surface area (Å²) < 4.78 is 9.16. The van der Waals surface area contributed by atoms with Gasteiger partial charge < -0.3 is 10.1 Å².